The van der Waals surface area contributed by atoms with Crippen molar-refractivity contribution >= 4 is 5.69 Å². The van der Waals surface area contributed by atoms with Crippen molar-refractivity contribution in [1.29, 1.82) is 0 Å². The number of anilines is 1. The zero-order valence-corrected chi connectivity index (χ0v) is 9.84. The molecule has 1 N–H and O–H groups in total. The van der Waals surface area contributed by atoms with Gasteiger partial charge >= 0.3 is 0 Å². The Hall–Kier alpha value is -1.70. The second-order valence-corrected chi connectivity index (χ2v) is 4.77. The summed E-state index contributed by atoms with van der Waals surface area (Å²) in [6, 6.07) is 10.4. The molecular weight excluding hydrogens is 210 g/mol. The molecular formula is C15H17NO. The van der Waals surface area contributed by atoms with Gasteiger partial charge in [0.15, 0.2) is 0 Å². The summed E-state index contributed by atoms with van der Waals surface area (Å²) in [6.07, 6.45) is 7.62. The van der Waals surface area contributed by atoms with E-state index in [0.29, 0.717) is 11.7 Å². The van der Waals surface area contributed by atoms with E-state index in [1.807, 2.05) is 18.2 Å². The average molecular weight is 227 g/mol. The van der Waals surface area contributed by atoms with Crippen LogP contribution in [-0.4, -0.2) is 11.7 Å². The molecule has 17 heavy (non-hydrogen) atoms. The molecule has 3 rings (SSSR count). The monoisotopic (exact) mass is 227 g/mol. The van der Waals surface area contributed by atoms with E-state index in [1.54, 1.807) is 0 Å². The Bertz CT molecular complexity index is 457. The lowest BCUT2D eigenvalue weighted by molar-refractivity contribution is 0.353. The van der Waals surface area contributed by atoms with E-state index in [1.165, 1.54) is 30.6 Å². The van der Waals surface area contributed by atoms with Gasteiger partial charge in [-0.3, -0.25) is 0 Å². The number of nitrogens with zero attached hydrogens (tertiary/aromatic N) is 1. The minimum Gasteiger partial charge on any atom is -0.508 e. The third-order valence-corrected chi connectivity index (χ3v) is 3.68. The van der Waals surface area contributed by atoms with Crippen LogP contribution in [0.2, 0.25) is 0 Å². The third-order valence-electron chi connectivity index (χ3n) is 3.68. The molecule has 0 bridgehead atoms. The first-order valence-electron chi connectivity index (χ1n) is 6.28. The maximum atomic E-state index is 9.67. The Morgan fingerprint density at radius 1 is 1.12 bits per heavy atom. The van der Waals surface area contributed by atoms with Crippen LogP contribution >= 0.6 is 0 Å². The first kappa shape index (κ1) is 10.5. The first-order chi connectivity index (χ1) is 8.34. The van der Waals surface area contributed by atoms with E-state index in [0.717, 1.165) is 6.54 Å². The topological polar surface area (TPSA) is 23.5 Å². The Morgan fingerprint density at radius 3 is 2.53 bits per heavy atom. The molecule has 1 aliphatic heterocycles. The van der Waals surface area contributed by atoms with Gasteiger partial charge in [0.1, 0.15) is 5.76 Å². The molecule has 0 atom stereocenters. The fraction of sp³-hybridized carbons (Fsp3) is 0.333. The lowest BCUT2D eigenvalue weighted by Gasteiger charge is -2.38. The Kier molecular flexibility index (Phi) is 2.63. The first-order valence-corrected chi connectivity index (χ1v) is 6.28. The van der Waals surface area contributed by atoms with Crippen LogP contribution in [0.15, 0.2) is 53.9 Å². The lowest BCUT2D eigenvalue weighted by Crippen LogP contribution is -2.32. The van der Waals surface area contributed by atoms with Crippen LogP contribution in [-0.2, 0) is 0 Å². The standard InChI is InChI=1S/C15H17NO/c17-14-9-10-16(13-7-2-1-3-8-13)15(11-14)12-5-4-6-12/h1-3,7-9,11-12,17H,4-6,10H2. The molecule has 2 aliphatic rings. The number of para-hydroxylation sites is 1. The Balaban J connectivity index is 1.92. The summed E-state index contributed by atoms with van der Waals surface area (Å²) in [5.74, 6) is 1.05. The molecule has 1 fully saturated rings. The molecule has 1 aliphatic carbocycles. The van der Waals surface area contributed by atoms with Crippen molar-refractivity contribution in [2.24, 2.45) is 5.92 Å². The van der Waals surface area contributed by atoms with Crippen molar-refractivity contribution < 1.29 is 5.11 Å². The molecule has 2 heteroatoms. The van der Waals surface area contributed by atoms with E-state index in [9.17, 15) is 5.11 Å². The zero-order chi connectivity index (χ0) is 11.7. The number of benzene rings is 1. The van der Waals surface area contributed by atoms with E-state index < -0.39 is 0 Å². The highest BCUT2D eigenvalue weighted by molar-refractivity contribution is 5.55. The van der Waals surface area contributed by atoms with Crippen LogP contribution in [0, 0.1) is 5.92 Å². The Labute approximate surface area is 102 Å². The van der Waals surface area contributed by atoms with E-state index in [4.69, 9.17) is 0 Å². The maximum absolute atomic E-state index is 9.67. The van der Waals surface area contributed by atoms with Gasteiger partial charge in [-0.2, -0.15) is 0 Å². The number of aliphatic hydroxyl groups excluding tert-OH is 1. The average Bonchev–Trinajstić information content (AvgIpc) is 2.28. The molecule has 88 valence electrons. The smallest absolute Gasteiger partial charge is 0.115 e. The molecule has 0 saturated heterocycles. The number of allylic oxidation sites excluding steroid dienone is 2. The van der Waals surface area contributed by atoms with Gasteiger partial charge in [-0.1, -0.05) is 24.6 Å². The highest BCUT2D eigenvalue weighted by atomic mass is 16.3. The highest BCUT2D eigenvalue weighted by Gasteiger charge is 2.28. The second kappa shape index (κ2) is 4.28. The number of hydrogen-bond acceptors (Lipinski definition) is 2. The SMILES string of the molecule is OC1=CCN(c2ccccc2)C(C2CCC2)=C1. The van der Waals surface area contributed by atoms with Gasteiger partial charge in [0, 0.05) is 17.9 Å². The minimum atomic E-state index is 0.416. The summed E-state index contributed by atoms with van der Waals surface area (Å²) in [6.45, 7) is 0.776. The fourth-order valence-corrected chi connectivity index (χ4v) is 2.48. The normalized spacial score (nSPS) is 20.6. The molecule has 0 radical (unpaired) electrons. The molecule has 1 heterocycles. The van der Waals surface area contributed by atoms with Crippen molar-refractivity contribution in [3.63, 3.8) is 0 Å². The van der Waals surface area contributed by atoms with Crippen LogP contribution in [0.1, 0.15) is 19.3 Å². The number of rotatable bonds is 2. The number of hydrogen-bond donors (Lipinski definition) is 1. The van der Waals surface area contributed by atoms with Gasteiger partial charge in [0.25, 0.3) is 0 Å². The molecule has 1 aromatic rings. The van der Waals surface area contributed by atoms with Gasteiger partial charge < -0.3 is 10.0 Å². The summed E-state index contributed by atoms with van der Waals surface area (Å²) in [7, 11) is 0. The molecule has 1 aromatic carbocycles. The maximum Gasteiger partial charge on any atom is 0.115 e. The van der Waals surface area contributed by atoms with Crippen molar-refractivity contribution in [1.82, 2.24) is 0 Å². The van der Waals surface area contributed by atoms with Crippen LogP contribution in [0.25, 0.3) is 0 Å². The minimum absolute atomic E-state index is 0.416. The predicted molar refractivity (Wildman–Crippen MR) is 69.9 cm³/mol. The molecule has 0 aromatic heterocycles. The predicted octanol–water partition coefficient (Wildman–Crippen LogP) is 3.63. The van der Waals surface area contributed by atoms with Crippen LogP contribution < -0.4 is 4.90 Å². The van der Waals surface area contributed by atoms with Gasteiger partial charge in [0.05, 0.1) is 0 Å². The Morgan fingerprint density at radius 2 is 1.88 bits per heavy atom. The van der Waals surface area contributed by atoms with Gasteiger partial charge in [0.2, 0.25) is 0 Å². The summed E-state index contributed by atoms with van der Waals surface area (Å²) in [5.41, 5.74) is 2.50. The van der Waals surface area contributed by atoms with Crippen LogP contribution in [0.5, 0.6) is 0 Å². The van der Waals surface area contributed by atoms with Crippen molar-refractivity contribution in [2.45, 2.75) is 19.3 Å². The lowest BCUT2D eigenvalue weighted by atomic mass is 9.81. The van der Waals surface area contributed by atoms with Crippen molar-refractivity contribution in [3.05, 3.63) is 53.9 Å². The third kappa shape index (κ3) is 1.95. The molecule has 0 unspecified atom stereocenters. The second-order valence-electron chi connectivity index (χ2n) is 4.77. The summed E-state index contributed by atoms with van der Waals surface area (Å²) >= 11 is 0. The summed E-state index contributed by atoms with van der Waals surface area (Å²) in [4.78, 5) is 2.31. The van der Waals surface area contributed by atoms with Crippen LogP contribution in [0.4, 0.5) is 5.69 Å². The van der Waals surface area contributed by atoms with E-state index in [2.05, 4.69) is 29.2 Å². The summed E-state index contributed by atoms with van der Waals surface area (Å²) in [5, 5.41) is 9.67. The van der Waals surface area contributed by atoms with E-state index in [-0.39, 0.29) is 0 Å². The summed E-state index contributed by atoms with van der Waals surface area (Å²) < 4.78 is 0. The molecule has 0 spiro atoms. The fourth-order valence-electron chi connectivity index (χ4n) is 2.48. The van der Waals surface area contributed by atoms with Gasteiger partial charge in [-0.15, -0.1) is 0 Å². The van der Waals surface area contributed by atoms with Crippen molar-refractivity contribution in [2.75, 3.05) is 11.4 Å². The van der Waals surface area contributed by atoms with Gasteiger partial charge in [-0.25, -0.2) is 0 Å². The van der Waals surface area contributed by atoms with Gasteiger partial charge in [-0.05, 0) is 43.0 Å². The largest absolute Gasteiger partial charge is 0.508 e. The van der Waals surface area contributed by atoms with Crippen LogP contribution in [0.3, 0.4) is 0 Å². The molecule has 1 saturated carbocycles. The molecule has 2 nitrogen and oxygen atoms in total. The highest BCUT2D eigenvalue weighted by Crippen LogP contribution is 2.38. The van der Waals surface area contributed by atoms with E-state index >= 15 is 0 Å². The quantitative estimate of drug-likeness (QED) is 0.834. The zero-order valence-electron chi connectivity index (χ0n) is 9.84. The molecule has 0 amide bonds. The number of aliphatic hydroxyl groups is 1. The van der Waals surface area contributed by atoms with Crippen molar-refractivity contribution in [3.8, 4) is 0 Å².